The van der Waals surface area contributed by atoms with E-state index in [0.717, 1.165) is 55.5 Å². The van der Waals surface area contributed by atoms with Gasteiger partial charge in [-0.1, -0.05) is 11.2 Å². The number of piperidine rings is 1. The van der Waals surface area contributed by atoms with Gasteiger partial charge in [0, 0.05) is 18.7 Å². The molecule has 1 saturated heterocycles. The number of aryl methyl sites for hydroxylation is 1. The molecule has 152 valence electrons. The summed E-state index contributed by atoms with van der Waals surface area (Å²) >= 11 is 0. The van der Waals surface area contributed by atoms with Crippen LogP contribution in [0.4, 0.5) is 0 Å². The van der Waals surface area contributed by atoms with E-state index in [9.17, 15) is 0 Å². The van der Waals surface area contributed by atoms with Gasteiger partial charge in [0.05, 0.1) is 26.1 Å². The molecule has 0 atom stereocenters. The smallest absolute Gasteiger partial charge is 0.278 e. The fourth-order valence-electron chi connectivity index (χ4n) is 3.59. The van der Waals surface area contributed by atoms with Crippen LogP contribution in [0.2, 0.25) is 0 Å². The van der Waals surface area contributed by atoms with E-state index in [-0.39, 0.29) is 0 Å². The van der Waals surface area contributed by atoms with E-state index in [1.54, 1.807) is 26.6 Å². The van der Waals surface area contributed by atoms with E-state index in [4.69, 9.17) is 14.0 Å². The summed E-state index contributed by atoms with van der Waals surface area (Å²) in [4.78, 5) is 15.5. The molecule has 0 aliphatic carbocycles. The molecule has 0 spiro atoms. The standard InChI is InChI=1S/C21H25N5O3/c1-14-11-23-17(12-22-14)21-24-20(25-29-21)16-6-8-26(9-7-16)13-15-4-5-18(27-2)19(10-15)28-3/h4-5,10-12,16H,6-9,13H2,1-3H3. The maximum absolute atomic E-state index is 5.41. The predicted octanol–water partition coefficient (Wildman–Crippen LogP) is 3.23. The van der Waals surface area contributed by atoms with Crippen LogP contribution >= 0.6 is 0 Å². The molecule has 3 heterocycles. The van der Waals surface area contributed by atoms with Crippen molar-refractivity contribution in [2.24, 2.45) is 0 Å². The minimum atomic E-state index is 0.299. The third kappa shape index (κ3) is 4.37. The van der Waals surface area contributed by atoms with Crippen molar-refractivity contribution >= 4 is 0 Å². The van der Waals surface area contributed by atoms with Crippen LogP contribution in [0.15, 0.2) is 35.1 Å². The number of methoxy groups -OCH3 is 2. The number of hydrogen-bond acceptors (Lipinski definition) is 8. The summed E-state index contributed by atoms with van der Waals surface area (Å²) in [6.07, 6.45) is 5.35. The number of hydrogen-bond donors (Lipinski definition) is 0. The number of nitrogens with zero attached hydrogens (tertiary/aromatic N) is 5. The average molecular weight is 395 g/mol. The predicted molar refractivity (Wildman–Crippen MR) is 107 cm³/mol. The molecule has 8 nitrogen and oxygen atoms in total. The molecular formula is C21H25N5O3. The highest BCUT2D eigenvalue weighted by Gasteiger charge is 2.25. The van der Waals surface area contributed by atoms with Crippen LogP contribution in [0.5, 0.6) is 11.5 Å². The van der Waals surface area contributed by atoms with Gasteiger partial charge in [-0.15, -0.1) is 0 Å². The lowest BCUT2D eigenvalue weighted by molar-refractivity contribution is 0.200. The molecule has 3 aromatic rings. The summed E-state index contributed by atoms with van der Waals surface area (Å²) in [5, 5.41) is 4.19. The second-order valence-corrected chi connectivity index (χ2v) is 7.24. The van der Waals surface area contributed by atoms with Crippen LogP contribution in [-0.2, 0) is 6.54 Å². The molecule has 1 fully saturated rings. The van der Waals surface area contributed by atoms with Crippen molar-refractivity contribution in [2.75, 3.05) is 27.3 Å². The molecule has 8 heteroatoms. The molecule has 1 aliphatic heterocycles. The number of likely N-dealkylation sites (tertiary alicyclic amines) is 1. The molecule has 4 rings (SSSR count). The molecule has 1 aromatic carbocycles. The highest BCUT2D eigenvalue weighted by molar-refractivity contribution is 5.44. The Morgan fingerprint density at radius 1 is 1.07 bits per heavy atom. The topological polar surface area (TPSA) is 86.4 Å². The van der Waals surface area contributed by atoms with E-state index < -0.39 is 0 Å². The summed E-state index contributed by atoms with van der Waals surface area (Å²) in [6, 6.07) is 6.08. The maximum atomic E-state index is 5.41. The molecule has 0 amide bonds. The number of rotatable bonds is 6. The third-order valence-electron chi connectivity index (χ3n) is 5.25. The highest BCUT2D eigenvalue weighted by Crippen LogP contribution is 2.31. The SMILES string of the molecule is COc1ccc(CN2CCC(c3noc(-c4cnc(C)cn4)n3)CC2)cc1OC. The summed E-state index contributed by atoms with van der Waals surface area (Å²) in [5.74, 6) is 3.00. The van der Waals surface area contributed by atoms with Crippen LogP contribution in [-0.4, -0.2) is 52.3 Å². The van der Waals surface area contributed by atoms with Gasteiger partial charge in [-0.05, 0) is 50.6 Å². The summed E-state index contributed by atoms with van der Waals surface area (Å²) in [5.41, 5.74) is 2.68. The molecule has 0 bridgehead atoms. The van der Waals surface area contributed by atoms with Gasteiger partial charge >= 0.3 is 0 Å². The highest BCUT2D eigenvalue weighted by atomic mass is 16.5. The largest absolute Gasteiger partial charge is 0.493 e. The van der Waals surface area contributed by atoms with Crippen molar-refractivity contribution in [2.45, 2.75) is 32.2 Å². The van der Waals surface area contributed by atoms with E-state index in [1.165, 1.54) is 5.56 Å². The monoisotopic (exact) mass is 395 g/mol. The maximum Gasteiger partial charge on any atom is 0.278 e. The number of ether oxygens (including phenoxy) is 2. The Morgan fingerprint density at radius 2 is 1.86 bits per heavy atom. The van der Waals surface area contributed by atoms with Crippen LogP contribution in [0.3, 0.4) is 0 Å². The zero-order chi connectivity index (χ0) is 20.2. The second kappa shape index (κ2) is 8.57. The molecule has 2 aromatic heterocycles. The zero-order valence-corrected chi connectivity index (χ0v) is 17.0. The summed E-state index contributed by atoms with van der Waals surface area (Å²) in [6.45, 7) is 4.73. The first-order valence-electron chi connectivity index (χ1n) is 9.72. The Bertz CT molecular complexity index is 949. The first kappa shape index (κ1) is 19.3. The van der Waals surface area contributed by atoms with Gasteiger partial charge in [0.1, 0.15) is 5.69 Å². The fraction of sp³-hybridized carbons (Fsp3) is 0.429. The minimum Gasteiger partial charge on any atom is -0.493 e. The summed E-state index contributed by atoms with van der Waals surface area (Å²) in [7, 11) is 3.31. The molecule has 0 saturated carbocycles. The Balaban J connectivity index is 1.36. The first-order valence-corrected chi connectivity index (χ1v) is 9.72. The van der Waals surface area contributed by atoms with Crippen LogP contribution in [0.1, 0.15) is 35.8 Å². The van der Waals surface area contributed by atoms with E-state index in [1.807, 2.05) is 19.1 Å². The Hall–Kier alpha value is -3.00. The Kier molecular flexibility index (Phi) is 5.71. The summed E-state index contributed by atoms with van der Waals surface area (Å²) < 4.78 is 16.1. The van der Waals surface area contributed by atoms with Crippen molar-refractivity contribution in [3.8, 4) is 23.1 Å². The van der Waals surface area contributed by atoms with Crippen molar-refractivity contribution in [3.63, 3.8) is 0 Å². The van der Waals surface area contributed by atoms with Crippen molar-refractivity contribution in [3.05, 3.63) is 47.7 Å². The molecule has 0 radical (unpaired) electrons. The van der Waals surface area contributed by atoms with Gasteiger partial charge in [0.15, 0.2) is 17.3 Å². The second-order valence-electron chi connectivity index (χ2n) is 7.24. The molecule has 29 heavy (non-hydrogen) atoms. The van der Waals surface area contributed by atoms with Gasteiger partial charge in [-0.25, -0.2) is 4.98 Å². The first-order chi connectivity index (χ1) is 14.2. The van der Waals surface area contributed by atoms with E-state index in [2.05, 4.69) is 31.1 Å². The van der Waals surface area contributed by atoms with Gasteiger partial charge < -0.3 is 14.0 Å². The quantitative estimate of drug-likeness (QED) is 0.629. The van der Waals surface area contributed by atoms with E-state index >= 15 is 0 Å². The lowest BCUT2D eigenvalue weighted by Crippen LogP contribution is -2.32. The molecular weight excluding hydrogens is 370 g/mol. The van der Waals surface area contributed by atoms with Gasteiger partial charge in [-0.2, -0.15) is 4.98 Å². The van der Waals surface area contributed by atoms with Crippen LogP contribution in [0, 0.1) is 6.92 Å². The van der Waals surface area contributed by atoms with Crippen molar-refractivity contribution in [1.82, 2.24) is 25.0 Å². The Labute approximate surface area is 169 Å². The lowest BCUT2D eigenvalue weighted by Gasteiger charge is -2.30. The van der Waals surface area contributed by atoms with Crippen molar-refractivity contribution < 1.29 is 14.0 Å². The zero-order valence-electron chi connectivity index (χ0n) is 17.0. The molecule has 1 aliphatic rings. The number of benzene rings is 1. The Morgan fingerprint density at radius 3 is 2.55 bits per heavy atom. The van der Waals surface area contributed by atoms with E-state index in [0.29, 0.717) is 17.5 Å². The molecule has 0 unspecified atom stereocenters. The van der Waals surface area contributed by atoms with Crippen LogP contribution < -0.4 is 9.47 Å². The number of aromatic nitrogens is 4. The fourth-order valence-corrected chi connectivity index (χ4v) is 3.59. The third-order valence-corrected chi connectivity index (χ3v) is 5.25. The minimum absolute atomic E-state index is 0.299. The average Bonchev–Trinajstić information content (AvgIpc) is 3.25. The van der Waals surface area contributed by atoms with Crippen molar-refractivity contribution in [1.29, 1.82) is 0 Å². The normalized spacial score (nSPS) is 15.4. The lowest BCUT2D eigenvalue weighted by atomic mass is 9.96. The van der Waals surface area contributed by atoms with Crippen LogP contribution in [0.25, 0.3) is 11.6 Å². The van der Waals surface area contributed by atoms with Gasteiger partial charge in [0.25, 0.3) is 5.89 Å². The van der Waals surface area contributed by atoms with Gasteiger partial charge in [0.2, 0.25) is 0 Å². The molecule has 0 N–H and O–H groups in total. The van der Waals surface area contributed by atoms with Gasteiger partial charge in [-0.3, -0.25) is 9.88 Å².